The quantitative estimate of drug-likeness (QED) is 0.826. The number of carbonyl (C=O) groups is 1. The largest absolute Gasteiger partial charge is 0.449 e. The summed E-state index contributed by atoms with van der Waals surface area (Å²) in [7, 11) is 0. The van der Waals surface area contributed by atoms with Gasteiger partial charge in [-0.1, -0.05) is 36.4 Å². The van der Waals surface area contributed by atoms with Crippen molar-refractivity contribution < 1.29 is 9.53 Å². The fraction of sp³-hybridized carbons (Fsp3) is 0.435. The molecule has 0 radical (unpaired) electrons. The Bertz CT molecular complexity index is 778. The maximum absolute atomic E-state index is 11.9. The molecule has 2 aromatic carbocycles. The summed E-state index contributed by atoms with van der Waals surface area (Å²) in [6, 6.07) is 17.0. The number of hydrogen-bond acceptors (Lipinski definition) is 4. The van der Waals surface area contributed by atoms with Crippen LogP contribution in [0.25, 0.3) is 11.1 Å². The van der Waals surface area contributed by atoms with E-state index in [2.05, 4.69) is 58.0 Å². The first-order chi connectivity index (χ1) is 13.4. The second-order valence-corrected chi connectivity index (χ2v) is 8.21. The van der Waals surface area contributed by atoms with Crippen molar-refractivity contribution in [2.24, 2.45) is 0 Å². The van der Waals surface area contributed by atoms with Crippen molar-refractivity contribution in [1.82, 2.24) is 10.6 Å². The van der Waals surface area contributed by atoms with Gasteiger partial charge in [-0.05, 0) is 49.6 Å². The predicted molar refractivity (Wildman–Crippen MR) is 115 cm³/mol. The summed E-state index contributed by atoms with van der Waals surface area (Å²) in [4.78, 5) is 14.3. The summed E-state index contributed by atoms with van der Waals surface area (Å²) < 4.78 is 5.39. The monoisotopic (exact) mass is 381 g/mol. The SMILES string of the molecule is CC(C)(C)NC(=O)OCCc1ccc(N2CCNCC2)cc1-c1ccccc1. The lowest BCUT2D eigenvalue weighted by atomic mass is 9.96. The third-order valence-electron chi connectivity index (χ3n) is 4.74. The van der Waals surface area contributed by atoms with Crippen molar-refractivity contribution in [3.8, 4) is 11.1 Å². The lowest BCUT2D eigenvalue weighted by Gasteiger charge is -2.30. The highest BCUT2D eigenvalue weighted by atomic mass is 16.5. The average molecular weight is 382 g/mol. The van der Waals surface area contributed by atoms with Crippen molar-refractivity contribution in [1.29, 1.82) is 0 Å². The summed E-state index contributed by atoms with van der Waals surface area (Å²) in [5.74, 6) is 0. The second kappa shape index (κ2) is 9.11. The molecule has 1 fully saturated rings. The number of benzene rings is 2. The van der Waals surface area contributed by atoms with E-state index < -0.39 is 0 Å². The minimum absolute atomic E-state index is 0.294. The molecule has 0 atom stereocenters. The molecule has 3 rings (SSSR count). The van der Waals surface area contributed by atoms with Crippen LogP contribution in [0, 0.1) is 0 Å². The van der Waals surface area contributed by atoms with Gasteiger partial charge in [-0.15, -0.1) is 0 Å². The van der Waals surface area contributed by atoms with Crippen molar-refractivity contribution in [2.75, 3.05) is 37.7 Å². The van der Waals surface area contributed by atoms with E-state index in [1.807, 2.05) is 26.8 Å². The standard InChI is InChI=1S/C23H31N3O2/c1-23(2,3)25-22(27)28-16-11-19-9-10-20(26-14-12-24-13-15-26)17-21(19)18-7-5-4-6-8-18/h4-10,17,24H,11-16H2,1-3H3,(H,25,27). The fourth-order valence-electron chi connectivity index (χ4n) is 3.38. The summed E-state index contributed by atoms with van der Waals surface area (Å²) in [6.45, 7) is 10.2. The molecule has 0 unspecified atom stereocenters. The maximum atomic E-state index is 11.9. The number of rotatable bonds is 5. The van der Waals surface area contributed by atoms with Crippen LogP contribution in [-0.4, -0.2) is 44.4 Å². The van der Waals surface area contributed by atoms with Crippen LogP contribution in [0.15, 0.2) is 48.5 Å². The lowest BCUT2D eigenvalue weighted by Crippen LogP contribution is -2.43. The molecular formula is C23H31N3O2. The van der Waals surface area contributed by atoms with E-state index in [0.717, 1.165) is 26.2 Å². The van der Waals surface area contributed by atoms with Crippen LogP contribution in [0.5, 0.6) is 0 Å². The third kappa shape index (κ3) is 5.73. The number of piperazine rings is 1. The van der Waals surface area contributed by atoms with Crippen molar-refractivity contribution >= 4 is 11.8 Å². The van der Waals surface area contributed by atoms with E-state index in [0.29, 0.717) is 13.0 Å². The molecule has 1 heterocycles. The average Bonchev–Trinajstić information content (AvgIpc) is 2.68. The van der Waals surface area contributed by atoms with Crippen molar-refractivity contribution in [3.63, 3.8) is 0 Å². The Morgan fingerprint density at radius 1 is 1.11 bits per heavy atom. The topological polar surface area (TPSA) is 53.6 Å². The lowest BCUT2D eigenvalue weighted by molar-refractivity contribution is 0.139. The van der Waals surface area contributed by atoms with Crippen molar-refractivity contribution in [2.45, 2.75) is 32.7 Å². The molecule has 2 aromatic rings. The maximum Gasteiger partial charge on any atom is 0.407 e. The van der Waals surface area contributed by atoms with Gasteiger partial charge in [0, 0.05) is 43.8 Å². The van der Waals surface area contributed by atoms with Crippen LogP contribution in [0.4, 0.5) is 10.5 Å². The van der Waals surface area contributed by atoms with Gasteiger partial charge >= 0.3 is 6.09 Å². The first kappa shape index (κ1) is 20.2. The van der Waals surface area contributed by atoms with Crippen LogP contribution in [0.2, 0.25) is 0 Å². The molecule has 0 aromatic heterocycles. The molecule has 1 aliphatic heterocycles. The molecule has 0 spiro atoms. The van der Waals surface area contributed by atoms with Crippen molar-refractivity contribution in [3.05, 3.63) is 54.1 Å². The number of nitrogens with zero attached hydrogens (tertiary/aromatic N) is 1. The number of anilines is 1. The van der Waals surface area contributed by atoms with E-state index >= 15 is 0 Å². The van der Waals surface area contributed by atoms with Gasteiger partial charge in [0.25, 0.3) is 0 Å². The fourth-order valence-corrected chi connectivity index (χ4v) is 3.38. The first-order valence-corrected chi connectivity index (χ1v) is 10.0. The van der Waals surface area contributed by atoms with Crippen LogP contribution in [-0.2, 0) is 11.2 Å². The molecule has 0 saturated carbocycles. The van der Waals surface area contributed by atoms with Crippen LogP contribution in [0.3, 0.4) is 0 Å². The number of hydrogen-bond donors (Lipinski definition) is 2. The Morgan fingerprint density at radius 2 is 1.82 bits per heavy atom. The highest BCUT2D eigenvalue weighted by molar-refractivity contribution is 5.72. The molecule has 150 valence electrons. The van der Waals surface area contributed by atoms with Crippen LogP contribution in [0.1, 0.15) is 26.3 Å². The Labute approximate surface area is 168 Å². The molecule has 1 aliphatic rings. The number of nitrogens with one attached hydrogen (secondary N) is 2. The zero-order chi connectivity index (χ0) is 20.0. The minimum Gasteiger partial charge on any atom is -0.449 e. The zero-order valence-corrected chi connectivity index (χ0v) is 17.1. The van der Waals surface area contributed by atoms with Gasteiger partial charge in [0.15, 0.2) is 0 Å². The summed E-state index contributed by atoms with van der Waals surface area (Å²) in [6.07, 6.45) is 0.315. The molecule has 0 bridgehead atoms. The molecule has 1 amide bonds. The highest BCUT2D eigenvalue weighted by Crippen LogP contribution is 2.29. The van der Waals surface area contributed by atoms with Crippen LogP contribution >= 0.6 is 0 Å². The van der Waals surface area contributed by atoms with Gasteiger partial charge < -0.3 is 20.3 Å². The predicted octanol–water partition coefficient (Wildman–Crippen LogP) is 3.83. The molecular weight excluding hydrogens is 350 g/mol. The highest BCUT2D eigenvalue weighted by Gasteiger charge is 2.16. The molecule has 0 aliphatic carbocycles. The van der Waals surface area contributed by atoms with Gasteiger partial charge in [0.2, 0.25) is 0 Å². The Balaban J connectivity index is 1.75. The Kier molecular flexibility index (Phi) is 6.57. The molecule has 2 N–H and O–H groups in total. The van der Waals surface area contributed by atoms with Gasteiger partial charge in [0.1, 0.15) is 0 Å². The van der Waals surface area contributed by atoms with Gasteiger partial charge in [0.05, 0.1) is 6.61 Å². The van der Waals surface area contributed by atoms with E-state index in [1.54, 1.807) is 0 Å². The molecule has 1 saturated heterocycles. The minimum atomic E-state index is -0.369. The van der Waals surface area contributed by atoms with E-state index in [-0.39, 0.29) is 11.6 Å². The number of ether oxygens (including phenoxy) is 1. The summed E-state index contributed by atoms with van der Waals surface area (Å²) in [5.41, 5.74) is 4.53. The first-order valence-electron chi connectivity index (χ1n) is 10.0. The normalized spacial score (nSPS) is 14.6. The third-order valence-corrected chi connectivity index (χ3v) is 4.74. The number of amides is 1. The Morgan fingerprint density at radius 3 is 2.50 bits per heavy atom. The van der Waals surface area contributed by atoms with Gasteiger partial charge in [-0.3, -0.25) is 0 Å². The molecule has 5 nitrogen and oxygen atoms in total. The number of carbonyl (C=O) groups excluding carboxylic acids is 1. The van der Waals surface area contributed by atoms with E-state index in [1.165, 1.54) is 22.4 Å². The molecule has 28 heavy (non-hydrogen) atoms. The smallest absolute Gasteiger partial charge is 0.407 e. The molecule has 5 heteroatoms. The Hall–Kier alpha value is -2.53. The second-order valence-electron chi connectivity index (χ2n) is 8.21. The van der Waals surface area contributed by atoms with E-state index in [4.69, 9.17) is 4.74 Å². The van der Waals surface area contributed by atoms with E-state index in [9.17, 15) is 4.79 Å². The van der Waals surface area contributed by atoms with Crippen LogP contribution < -0.4 is 15.5 Å². The zero-order valence-electron chi connectivity index (χ0n) is 17.1. The summed E-state index contributed by atoms with van der Waals surface area (Å²) >= 11 is 0. The van der Waals surface area contributed by atoms with Gasteiger partial charge in [-0.2, -0.15) is 0 Å². The number of alkyl carbamates (subject to hydrolysis) is 1. The summed E-state index contributed by atoms with van der Waals surface area (Å²) in [5, 5.41) is 6.23. The van der Waals surface area contributed by atoms with Gasteiger partial charge in [-0.25, -0.2) is 4.79 Å².